The van der Waals surface area contributed by atoms with Crippen molar-refractivity contribution in [3.8, 4) is 0 Å². The van der Waals surface area contributed by atoms with Crippen LogP contribution in [0.15, 0.2) is 24.3 Å². The topological polar surface area (TPSA) is 49.4 Å². The molecule has 110 valence electrons. The van der Waals surface area contributed by atoms with Crippen LogP contribution in [0.2, 0.25) is 0 Å². The fraction of sp³-hybridized carbons (Fsp3) is 0.467. The van der Waals surface area contributed by atoms with Gasteiger partial charge in [-0.2, -0.15) is 0 Å². The van der Waals surface area contributed by atoms with E-state index in [9.17, 15) is 14.0 Å². The van der Waals surface area contributed by atoms with Gasteiger partial charge in [-0.25, -0.2) is 4.39 Å². The van der Waals surface area contributed by atoms with E-state index in [0.29, 0.717) is 13.0 Å². The Morgan fingerprint density at radius 1 is 1.30 bits per heavy atom. The van der Waals surface area contributed by atoms with Crippen molar-refractivity contribution in [2.24, 2.45) is 0 Å². The lowest BCUT2D eigenvalue weighted by molar-refractivity contribution is -0.140. The number of carbonyl (C=O) groups excluding carboxylic acids is 2. The quantitative estimate of drug-likeness (QED) is 0.867. The van der Waals surface area contributed by atoms with Gasteiger partial charge in [0, 0.05) is 20.0 Å². The Morgan fingerprint density at radius 2 is 1.90 bits per heavy atom. The van der Waals surface area contributed by atoms with Gasteiger partial charge in [0.05, 0.1) is 0 Å². The molecule has 1 aromatic carbocycles. The molecule has 0 saturated heterocycles. The number of nitrogens with one attached hydrogen (secondary N) is 1. The van der Waals surface area contributed by atoms with Gasteiger partial charge >= 0.3 is 0 Å². The van der Waals surface area contributed by atoms with Crippen molar-refractivity contribution in [1.82, 2.24) is 10.2 Å². The Labute approximate surface area is 119 Å². The number of rotatable bonds is 6. The van der Waals surface area contributed by atoms with Gasteiger partial charge in [-0.15, -0.1) is 0 Å². The normalized spacial score (nSPS) is 11.8. The third kappa shape index (κ3) is 4.33. The second-order valence-corrected chi connectivity index (χ2v) is 4.69. The maximum Gasteiger partial charge on any atom is 0.242 e. The molecular formula is C15H21FN2O2. The predicted octanol–water partition coefficient (Wildman–Crippen LogP) is 2.09. The van der Waals surface area contributed by atoms with Crippen molar-refractivity contribution in [2.45, 2.75) is 39.3 Å². The molecule has 0 unspecified atom stereocenters. The molecule has 5 heteroatoms. The number of benzene rings is 1. The molecule has 0 spiro atoms. The predicted molar refractivity (Wildman–Crippen MR) is 75.4 cm³/mol. The minimum atomic E-state index is -0.552. The first-order valence-electron chi connectivity index (χ1n) is 6.75. The molecule has 0 bridgehead atoms. The highest BCUT2D eigenvalue weighted by molar-refractivity contribution is 5.87. The lowest BCUT2D eigenvalue weighted by Gasteiger charge is -2.28. The molecule has 0 aliphatic carbocycles. The largest absolute Gasteiger partial charge is 0.357 e. The van der Waals surface area contributed by atoms with Crippen LogP contribution in [0.3, 0.4) is 0 Å². The summed E-state index contributed by atoms with van der Waals surface area (Å²) in [4.78, 5) is 25.4. The average Bonchev–Trinajstić information content (AvgIpc) is 2.45. The van der Waals surface area contributed by atoms with Gasteiger partial charge in [-0.05, 0) is 31.0 Å². The zero-order chi connectivity index (χ0) is 15.1. The molecule has 1 N–H and O–H groups in total. The number of likely N-dealkylation sites (N-methyl/N-ethyl adjacent to an activating group) is 1. The summed E-state index contributed by atoms with van der Waals surface area (Å²) in [5, 5.41) is 2.54. The lowest BCUT2D eigenvalue weighted by atomic mass is 10.1. The summed E-state index contributed by atoms with van der Waals surface area (Å²) in [6, 6.07) is 5.39. The maximum absolute atomic E-state index is 12.9. The Hall–Kier alpha value is -1.91. The van der Waals surface area contributed by atoms with E-state index in [1.165, 1.54) is 17.0 Å². The molecule has 20 heavy (non-hydrogen) atoms. The van der Waals surface area contributed by atoms with Crippen molar-refractivity contribution in [1.29, 1.82) is 0 Å². The van der Waals surface area contributed by atoms with E-state index in [0.717, 1.165) is 12.0 Å². The summed E-state index contributed by atoms with van der Waals surface area (Å²) in [7, 11) is 1.54. The van der Waals surface area contributed by atoms with E-state index < -0.39 is 6.04 Å². The van der Waals surface area contributed by atoms with Crippen molar-refractivity contribution in [3.63, 3.8) is 0 Å². The second-order valence-electron chi connectivity index (χ2n) is 4.69. The van der Waals surface area contributed by atoms with Crippen molar-refractivity contribution >= 4 is 11.8 Å². The van der Waals surface area contributed by atoms with Gasteiger partial charge in [0.2, 0.25) is 11.8 Å². The molecule has 0 radical (unpaired) electrons. The average molecular weight is 280 g/mol. The first kappa shape index (κ1) is 16.1. The van der Waals surface area contributed by atoms with Crippen molar-refractivity contribution < 1.29 is 14.0 Å². The molecule has 0 saturated carbocycles. The van der Waals surface area contributed by atoms with Gasteiger partial charge in [0.15, 0.2) is 0 Å². The summed E-state index contributed by atoms with van der Waals surface area (Å²) >= 11 is 0. The van der Waals surface area contributed by atoms with E-state index in [4.69, 9.17) is 0 Å². The minimum Gasteiger partial charge on any atom is -0.357 e. The Morgan fingerprint density at radius 3 is 2.40 bits per heavy atom. The highest BCUT2D eigenvalue weighted by atomic mass is 19.1. The van der Waals surface area contributed by atoms with Crippen LogP contribution in [-0.4, -0.2) is 29.8 Å². The summed E-state index contributed by atoms with van der Waals surface area (Å²) in [5.41, 5.74) is 0.798. The second kappa shape index (κ2) is 7.62. The van der Waals surface area contributed by atoms with Gasteiger partial charge in [-0.3, -0.25) is 9.59 Å². The molecule has 1 aromatic rings. The fourth-order valence-electron chi connectivity index (χ4n) is 1.94. The Kier molecular flexibility index (Phi) is 6.15. The molecular weight excluding hydrogens is 259 g/mol. The molecule has 4 nitrogen and oxygen atoms in total. The van der Waals surface area contributed by atoms with Crippen LogP contribution >= 0.6 is 0 Å². The van der Waals surface area contributed by atoms with Gasteiger partial charge < -0.3 is 10.2 Å². The van der Waals surface area contributed by atoms with E-state index in [2.05, 4.69) is 5.32 Å². The molecule has 0 aliphatic heterocycles. The van der Waals surface area contributed by atoms with Crippen molar-refractivity contribution in [3.05, 3.63) is 35.6 Å². The number of nitrogens with zero attached hydrogens (tertiary/aromatic N) is 1. The summed E-state index contributed by atoms with van der Waals surface area (Å²) < 4.78 is 12.9. The standard InChI is InChI=1S/C15H21FN2O2/c1-4-5-14(19)18(11(2)15(20)17-3)10-12-6-8-13(16)9-7-12/h6-9,11H,4-5,10H2,1-3H3,(H,17,20)/t11-/m0/s1. The maximum atomic E-state index is 12.9. The molecule has 0 aliphatic rings. The van der Waals surface area contributed by atoms with Crippen LogP contribution in [0.5, 0.6) is 0 Å². The van der Waals surface area contributed by atoms with E-state index in [-0.39, 0.29) is 17.6 Å². The van der Waals surface area contributed by atoms with Crippen LogP contribution in [0, 0.1) is 5.82 Å². The highest BCUT2D eigenvalue weighted by Crippen LogP contribution is 2.12. The smallest absolute Gasteiger partial charge is 0.242 e. The first-order valence-corrected chi connectivity index (χ1v) is 6.75. The number of halogens is 1. The molecule has 1 atom stereocenters. The number of carbonyl (C=O) groups is 2. The van der Waals surface area contributed by atoms with Crippen LogP contribution in [0.1, 0.15) is 32.3 Å². The monoisotopic (exact) mass is 280 g/mol. The van der Waals surface area contributed by atoms with E-state index in [1.807, 2.05) is 6.92 Å². The lowest BCUT2D eigenvalue weighted by Crippen LogP contribution is -2.46. The molecule has 0 heterocycles. The molecule has 0 fully saturated rings. The summed E-state index contributed by atoms with van der Waals surface area (Å²) in [6.45, 7) is 3.90. The van der Waals surface area contributed by atoms with Crippen LogP contribution < -0.4 is 5.32 Å². The zero-order valence-corrected chi connectivity index (χ0v) is 12.1. The minimum absolute atomic E-state index is 0.0760. The van der Waals surface area contributed by atoms with Gasteiger partial charge in [0.1, 0.15) is 11.9 Å². The number of hydrogen-bond donors (Lipinski definition) is 1. The van der Waals surface area contributed by atoms with E-state index in [1.54, 1.807) is 26.1 Å². The Bertz CT molecular complexity index is 459. The van der Waals surface area contributed by atoms with Crippen LogP contribution in [0.4, 0.5) is 4.39 Å². The zero-order valence-electron chi connectivity index (χ0n) is 12.1. The van der Waals surface area contributed by atoms with Gasteiger partial charge in [0.25, 0.3) is 0 Å². The van der Waals surface area contributed by atoms with Crippen LogP contribution in [-0.2, 0) is 16.1 Å². The summed E-state index contributed by atoms with van der Waals surface area (Å²) in [6.07, 6.45) is 1.11. The summed E-state index contributed by atoms with van der Waals surface area (Å²) in [5.74, 6) is -0.607. The third-order valence-electron chi connectivity index (χ3n) is 3.14. The van der Waals surface area contributed by atoms with Crippen LogP contribution in [0.25, 0.3) is 0 Å². The highest BCUT2D eigenvalue weighted by Gasteiger charge is 2.24. The molecule has 0 aromatic heterocycles. The number of hydrogen-bond acceptors (Lipinski definition) is 2. The van der Waals surface area contributed by atoms with Crippen molar-refractivity contribution in [2.75, 3.05) is 7.05 Å². The van der Waals surface area contributed by atoms with E-state index >= 15 is 0 Å². The number of amides is 2. The fourth-order valence-corrected chi connectivity index (χ4v) is 1.94. The SMILES string of the molecule is CCCC(=O)N(Cc1ccc(F)cc1)[C@@H](C)C(=O)NC. The molecule has 1 rings (SSSR count). The molecule has 2 amide bonds. The Balaban J connectivity index is 2.89. The first-order chi connectivity index (χ1) is 9.49. The third-order valence-corrected chi connectivity index (χ3v) is 3.14. The van der Waals surface area contributed by atoms with Gasteiger partial charge in [-0.1, -0.05) is 19.1 Å².